The van der Waals surface area contributed by atoms with E-state index in [0.29, 0.717) is 0 Å². The van der Waals surface area contributed by atoms with Gasteiger partial charge in [-0.15, -0.1) is 0 Å². The first-order valence-electron chi connectivity index (χ1n) is 3.69. The Morgan fingerprint density at radius 3 is 1.00 bits per heavy atom. The lowest BCUT2D eigenvalue weighted by Gasteiger charge is -2.00. The molecule has 0 amide bonds. The molecule has 0 radical (unpaired) electrons. The van der Waals surface area contributed by atoms with Gasteiger partial charge in [0.05, 0.1) is 22.7 Å². The quantitative estimate of drug-likeness (QED) is 0.294. The molecule has 0 unspecified atom stereocenters. The molecular weight excluding hydrogens is 184 g/mol. The molecule has 0 atom stereocenters. The Kier molecular flexibility index (Phi) is 2.01. The van der Waals surface area contributed by atoms with Crippen molar-refractivity contribution < 1.29 is 0 Å². The summed E-state index contributed by atoms with van der Waals surface area (Å²) >= 11 is 0. The third-order valence-corrected chi connectivity index (χ3v) is 1.94. The van der Waals surface area contributed by atoms with E-state index in [9.17, 15) is 4.79 Å². The second-order valence-electron chi connectivity index (χ2n) is 2.81. The zero-order valence-corrected chi connectivity index (χ0v) is 7.37. The maximum Gasteiger partial charge on any atom is 0.228 e. The minimum Gasteiger partial charge on any atom is -0.395 e. The standard InChI is InChI=1S/C7H12N6O/c8-1-2(9)4(11)6(13)7(14)5(12)3(1)10/h(H12,8,9,10,11,12,13,14). The molecule has 0 spiro atoms. The van der Waals surface area contributed by atoms with Crippen molar-refractivity contribution in [3.05, 3.63) is 10.2 Å². The Labute approximate surface area is 79.6 Å². The SMILES string of the molecule is Nc1c(N)c(N)c(N)c(=O)c(N)c1N. The monoisotopic (exact) mass is 196 g/mol. The summed E-state index contributed by atoms with van der Waals surface area (Å²) < 4.78 is 0. The summed E-state index contributed by atoms with van der Waals surface area (Å²) in [6.45, 7) is 0. The van der Waals surface area contributed by atoms with Crippen molar-refractivity contribution in [3.63, 3.8) is 0 Å². The maximum absolute atomic E-state index is 11.4. The number of nitrogens with two attached hydrogens (primary N) is 6. The van der Waals surface area contributed by atoms with Gasteiger partial charge in [0.2, 0.25) is 5.43 Å². The minimum absolute atomic E-state index is 0.0335. The fourth-order valence-corrected chi connectivity index (χ4v) is 0.970. The highest BCUT2D eigenvalue weighted by atomic mass is 16.1. The largest absolute Gasteiger partial charge is 0.395 e. The van der Waals surface area contributed by atoms with Crippen molar-refractivity contribution >= 4 is 34.1 Å². The first kappa shape index (κ1) is 9.78. The molecule has 0 aliphatic rings. The number of hydrogen-bond donors (Lipinski definition) is 6. The van der Waals surface area contributed by atoms with Gasteiger partial charge in [0.15, 0.2) is 0 Å². The van der Waals surface area contributed by atoms with Crippen molar-refractivity contribution in [2.75, 3.05) is 34.4 Å². The van der Waals surface area contributed by atoms with E-state index in [-0.39, 0.29) is 34.1 Å². The van der Waals surface area contributed by atoms with Gasteiger partial charge in [0, 0.05) is 0 Å². The van der Waals surface area contributed by atoms with E-state index in [2.05, 4.69) is 0 Å². The molecule has 0 aromatic heterocycles. The van der Waals surface area contributed by atoms with Crippen LogP contribution in [0.15, 0.2) is 4.79 Å². The number of nitrogen functional groups attached to an aromatic ring is 6. The summed E-state index contributed by atoms with van der Waals surface area (Å²) in [5.74, 6) is 0. The molecule has 1 rings (SSSR count). The summed E-state index contributed by atoms with van der Waals surface area (Å²) in [5, 5.41) is 0. The minimum atomic E-state index is -0.664. The fourth-order valence-electron chi connectivity index (χ4n) is 0.970. The Hall–Kier alpha value is -2.31. The zero-order valence-electron chi connectivity index (χ0n) is 7.37. The molecule has 0 saturated carbocycles. The van der Waals surface area contributed by atoms with Crippen LogP contribution in [-0.4, -0.2) is 0 Å². The lowest BCUT2D eigenvalue weighted by molar-refractivity contribution is 1.62. The summed E-state index contributed by atoms with van der Waals surface area (Å²) in [6.07, 6.45) is 0. The summed E-state index contributed by atoms with van der Waals surface area (Å²) in [5.41, 5.74) is 31.3. The van der Waals surface area contributed by atoms with E-state index in [0.717, 1.165) is 0 Å². The average molecular weight is 196 g/mol. The first-order chi connectivity index (χ1) is 6.37. The molecule has 14 heavy (non-hydrogen) atoms. The van der Waals surface area contributed by atoms with Crippen LogP contribution in [0.3, 0.4) is 0 Å². The van der Waals surface area contributed by atoms with Crippen LogP contribution < -0.4 is 39.8 Å². The predicted molar refractivity (Wildman–Crippen MR) is 59.2 cm³/mol. The van der Waals surface area contributed by atoms with E-state index >= 15 is 0 Å². The molecule has 0 fully saturated rings. The van der Waals surface area contributed by atoms with Gasteiger partial charge in [-0.3, -0.25) is 4.79 Å². The molecule has 0 aliphatic heterocycles. The molecule has 0 aliphatic carbocycles. The van der Waals surface area contributed by atoms with Crippen LogP contribution in [0.5, 0.6) is 0 Å². The second kappa shape index (κ2) is 2.87. The van der Waals surface area contributed by atoms with Crippen LogP contribution in [0.25, 0.3) is 0 Å². The smallest absolute Gasteiger partial charge is 0.228 e. The molecule has 0 saturated heterocycles. The highest BCUT2D eigenvalue weighted by Crippen LogP contribution is 2.31. The molecule has 1 aromatic rings. The topological polar surface area (TPSA) is 173 Å². The number of rotatable bonds is 0. The van der Waals surface area contributed by atoms with Crippen LogP contribution in [0.2, 0.25) is 0 Å². The lowest BCUT2D eigenvalue weighted by Crippen LogP contribution is -2.13. The van der Waals surface area contributed by atoms with Gasteiger partial charge in [-0.05, 0) is 0 Å². The van der Waals surface area contributed by atoms with E-state index in [1.54, 1.807) is 0 Å². The van der Waals surface area contributed by atoms with Crippen LogP contribution in [-0.2, 0) is 0 Å². The Bertz CT molecular complexity index is 415. The van der Waals surface area contributed by atoms with Crippen LogP contribution in [0.4, 0.5) is 34.1 Å². The van der Waals surface area contributed by atoms with Gasteiger partial charge >= 0.3 is 0 Å². The second-order valence-corrected chi connectivity index (χ2v) is 2.81. The van der Waals surface area contributed by atoms with Gasteiger partial charge in [0.1, 0.15) is 11.4 Å². The van der Waals surface area contributed by atoms with Crippen LogP contribution in [0, 0.1) is 0 Å². The highest BCUT2D eigenvalue weighted by Gasteiger charge is 2.12. The molecule has 0 heterocycles. The predicted octanol–water partition coefficient (Wildman–Crippen LogP) is -1.46. The first-order valence-corrected chi connectivity index (χ1v) is 3.69. The zero-order chi connectivity index (χ0) is 11.0. The van der Waals surface area contributed by atoms with Crippen molar-refractivity contribution in [2.45, 2.75) is 0 Å². The molecule has 7 nitrogen and oxygen atoms in total. The third-order valence-electron chi connectivity index (χ3n) is 1.94. The molecule has 0 bridgehead atoms. The van der Waals surface area contributed by atoms with Gasteiger partial charge in [-0.25, -0.2) is 0 Å². The summed E-state index contributed by atoms with van der Waals surface area (Å²) in [6, 6.07) is 0. The van der Waals surface area contributed by atoms with E-state index < -0.39 is 5.43 Å². The third kappa shape index (κ3) is 1.11. The van der Waals surface area contributed by atoms with Crippen molar-refractivity contribution in [2.24, 2.45) is 0 Å². The normalized spacial score (nSPS) is 10.0. The number of anilines is 6. The molecule has 1 aromatic carbocycles. The molecule has 12 N–H and O–H groups in total. The molecular formula is C7H12N6O. The molecule has 76 valence electrons. The van der Waals surface area contributed by atoms with Crippen molar-refractivity contribution in [1.82, 2.24) is 0 Å². The Morgan fingerprint density at radius 1 is 0.500 bits per heavy atom. The number of hydrogen-bond acceptors (Lipinski definition) is 7. The Morgan fingerprint density at radius 2 is 0.714 bits per heavy atom. The molecule has 7 heteroatoms. The van der Waals surface area contributed by atoms with E-state index in [4.69, 9.17) is 34.4 Å². The van der Waals surface area contributed by atoms with E-state index in [1.807, 2.05) is 0 Å². The van der Waals surface area contributed by atoms with Crippen molar-refractivity contribution in [1.29, 1.82) is 0 Å². The van der Waals surface area contributed by atoms with Gasteiger partial charge in [-0.1, -0.05) is 0 Å². The van der Waals surface area contributed by atoms with Gasteiger partial charge < -0.3 is 34.4 Å². The summed E-state index contributed by atoms with van der Waals surface area (Å²) in [4.78, 5) is 11.4. The van der Waals surface area contributed by atoms with Crippen molar-refractivity contribution in [3.8, 4) is 0 Å². The van der Waals surface area contributed by atoms with Gasteiger partial charge in [0.25, 0.3) is 0 Å². The fraction of sp³-hybridized carbons (Fsp3) is 0. The average Bonchev–Trinajstić information content (AvgIpc) is 2.23. The van der Waals surface area contributed by atoms with Crippen LogP contribution >= 0.6 is 0 Å². The lowest BCUT2D eigenvalue weighted by atomic mass is 10.3. The maximum atomic E-state index is 11.4. The Balaban J connectivity index is 3.96. The van der Waals surface area contributed by atoms with E-state index in [1.165, 1.54) is 0 Å². The highest BCUT2D eigenvalue weighted by molar-refractivity contribution is 5.95. The van der Waals surface area contributed by atoms with Crippen LogP contribution in [0.1, 0.15) is 0 Å². The van der Waals surface area contributed by atoms with Gasteiger partial charge in [-0.2, -0.15) is 0 Å². The summed E-state index contributed by atoms with van der Waals surface area (Å²) in [7, 11) is 0.